The molecule has 1 aliphatic heterocycles. The number of carbonyl (C=O) groups excluding carboxylic acids is 1. The zero-order valence-electron chi connectivity index (χ0n) is 15.7. The first-order valence-corrected chi connectivity index (χ1v) is 8.80. The molecule has 134 valence electrons. The first-order valence-electron chi connectivity index (χ1n) is 8.80. The molecule has 1 saturated heterocycles. The number of amides is 2. The molecule has 1 fully saturated rings. The van der Waals surface area contributed by atoms with Crippen molar-refractivity contribution >= 4 is 6.03 Å². The zero-order valence-corrected chi connectivity index (χ0v) is 15.7. The standard InChI is InChI=1S/C19H32N4O/c1-15-6-8-16(9-7-15)17(23-12-10-22(5)11-13-23)14-20-18(24)21-19(2,3)4/h6-9,17H,10-14H2,1-5H3,(H2,20,21,24). The molecule has 2 amide bonds. The van der Waals surface area contributed by atoms with E-state index in [0.717, 1.165) is 26.2 Å². The van der Waals surface area contributed by atoms with Gasteiger partial charge in [0.15, 0.2) is 0 Å². The maximum Gasteiger partial charge on any atom is 0.315 e. The first-order chi connectivity index (χ1) is 11.2. The fraction of sp³-hybridized carbons (Fsp3) is 0.632. The van der Waals surface area contributed by atoms with Crippen LogP contribution in [-0.2, 0) is 0 Å². The summed E-state index contributed by atoms with van der Waals surface area (Å²) in [5, 5.41) is 6.02. The van der Waals surface area contributed by atoms with E-state index in [1.807, 2.05) is 20.8 Å². The topological polar surface area (TPSA) is 47.6 Å². The van der Waals surface area contributed by atoms with E-state index in [2.05, 4.69) is 58.7 Å². The van der Waals surface area contributed by atoms with E-state index in [9.17, 15) is 4.79 Å². The molecule has 5 nitrogen and oxygen atoms in total. The molecule has 0 aromatic heterocycles. The zero-order chi connectivity index (χ0) is 17.7. The summed E-state index contributed by atoms with van der Waals surface area (Å²) in [6, 6.07) is 8.77. The highest BCUT2D eigenvalue weighted by molar-refractivity contribution is 5.74. The van der Waals surface area contributed by atoms with Gasteiger partial charge in [0, 0.05) is 38.3 Å². The number of likely N-dealkylation sites (N-methyl/N-ethyl adjacent to an activating group) is 1. The van der Waals surface area contributed by atoms with Crippen LogP contribution in [0.4, 0.5) is 4.79 Å². The number of nitrogens with one attached hydrogen (secondary N) is 2. The minimum absolute atomic E-state index is 0.103. The molecule has 1 heterocycles. The number of urea groups is 1. The second-order valence-electron chi connectivity index (χ2n) is 7.85. The summed E-state index contributed by atoms with van der Waals surface area (Å²) in [4.78, 5) is 17.0. The Bertz CT molecular complexity index is 527. The van der Waals surface area contributed by atoms with Crippen molar-refractivity contribution in [2.45, 2.75) is 39.3 Å². The molecule has 0 radical (unpaired) electrons. The Morgan fingerprint density at radius 1 is 1.12 bits per heavy atom. The van der Waals surface area contributed by atoms with Crippen molar-refractivity contribution in [3.05, 3.63) is 35.4 Å². The van der Waals surface area contributed by atoms with E-state index in [-0.39, 0.29) is 17.6 Å². The lowest BCUT2D eigenvalue weighted by molar-refractivity contribution is 0.111. The van der Waals surface area contributed by atoms with Gasteiger partial charge in [-0.15, -0.1) is 0 Å². The number of carbonyl (C=O) groups is 1. The summed E-state index contributed by atoms with van der Waals surface area (Å²) < 4.78 is 0. The molecule has 2 N–H and O–H groups in total. The summed E-state index contributed by atoms with van der Waals surface area (Å²) in [6.07, 6.45) is 0. The van der Waals surface area contributed by atoms with Crippen LogP contribution in [-0.4, -0.2) is 61.1 Å². The predicted octanol–water partition coefficient (Wildman–Crippen LogP) is 2.38. The highest BCUT2D eigenvalue weighted by Crippen LogP contribution is 2.22. The third kappa shape index (κ3) is 5.80. The molecular weight excluding hydrogens is 300 g/mol. The van der Waals surface area contributed by atoms with Gasteiger partial charge in [-0.25, -0.2) is 4.79 Å². The third-order valence-corrected chi connectivity index (χ3v) is 4.39. The van der Waals surface area contributed by atoms with Crippen molar-refractivity contribution in [2.24, 2.45) is 0 Å². The number of benzene rings is 1. The van der Waals surface area contributed by atoms with Gasteiger partial charge in [0.2, 0.25) is 0 Å². The Labute approximate surface area is 146 Å². The van der Waals surface area contributed by atoms with Gasteiger partial charge in [0.1, 0.15) is 0 Å². The molecule has 1 unspecified atom stereocenters. The maximum absolute atomic E-state index is 12.1. The van der Waals surface area contributed by atoms with E-state index in [1.165, 1.54) is 11.1 Å². The Morgan fingerprint density at radius 3 is 2.25 bits per heavy atom. The predicted molar refractivity (Wildman–Crippen MR) is 99.3 cm³/mol. The number of nitrogens with zero attached hydrogens (tertiary/aromatic N) is 2. The monoisotopic (exact) mass is 332 g/mol. The maximum atomic E-state index is 12.1. The number of rotatable bonds is 4. The quantitative estimate of drug-likeness (QED) is 0.890. The molecule has 2 rings (SSSR count). The number of hydrogen-bond acceptors (Lipinski definition) is 3. The minimum atomic E-state index is -0.225. The van der Waals surface area contributed by atoms with E-state index < -0.39 is 0 Å². The number of aryl methyl sites for hydroxylation is 1. The van der Waals surface area contributed by atoms with Gasteiger partial charge < -0.3 is 15.5 Å². The van der Waals surface area contributed by atoms with Crippen LogP contribution in [0, 0.1) is 6.92 Å². The Balaban J connectivity index is 2.05. The molecule has 0 spiro atoms. The lowest BCUT2D eigenvalue weighted by atomic mass is 10.0. The van der Waals surface area contributed by atoms with Gasteiger partial charge in [-0.1, -0.05) is 29.8 Å². The highest BCUT2D eigenvalue weighted by Gasteiger charge is 2.24. The number of piperazine rings is 1. The third-order valence-electron chi connectivity index (χ3n) is 4.39. The minimum Gasteiger partial charge on any atom is -0.336 e. The van der Waals surface area contributed by atoms with E-state index in [4.69, 9.17) is 0 Å². The Morgan fingerprint density at radius 2 is 1.71 bits per heavy atom. The highest BCUT2D eigenvalue weighted by atomic mass is 16.2. The van der Waals surface area contributed by atoms with Crippen LogP contribution in [0.1, 0.15) is 37.9 Å². The summed E-state index contributed by atoms with van der Waals surface area (Å²) in [7, 11) is 2.16. The molecular formula is C19H32N4O. The normalized spacial score (nSPS) is 18.2. The van der Waals surface area contributed by atoms with Gasteiger partial charge in [-0.2, -0.15) is 0 Å². The van der Waals surface area contributed by atoms with Crippen LogP contribution in [0.15, 0.2) is 24.3 Å². The SMILES string of the molecule is Cc1ccc(C(CNC(=O)NC(C)(C)C)N2CCN(C)CC2)cc1. The van der Waals surface area contributed by atoms with Gasteiger partial charge in [0.05, 0.1) is 6.04 Å². The summed E-state index contributed by atoms with van der Waals surface area (Å²) in [6.45, 7) is 12.9. The molecule has 0 saturated carbocycles. The van der Waals surface area contributed by atoms with E-state index in [1.54, 1.807) is 0 Å². The summed E-state index contributed by atoms with van der Waals surface area (Å²) >= 11 is 0. The summed E-state index contributed by atoms with van der Waals surface area (Å²) in [5.74, 6) is 0. The Hall–Kier alpha value is -1.59. The molecule has 1 aromatic carbocycles. The van der Waals surface area contributed by atoms with E-state index in [0.29, 0.717) is 6.54 Å². The van der Waals surface area contributed by atoms with Crippen molar-refractivity contribution in [3.63, 3.8) is 0 Å². The molecule has 5 heteroatoms. The average Bonchev–Trinajstić information content (AvgIpc) is 2.49. The number of hydrogen-bond donors (Lipinski definition) is 2. The second-order valence-corrected chi connectivity index (χ2v) is 7.85. The smallest absolute Gasteiger partial charge is 0.315 e. The van der Waals surface area contributed by atoms with Crippen LogP contribution < -0.4 is 10.6 Å². The van der Waals surface area contributed by atoms with Crippen molar-refractivity contribution in [2.75, 3.05) is 39.8 Å². The lowest BCUT2D eigenvalue weighted by Crippen LogP contribution is -2.51. The Kier molecular flexibility index (Phi) is 6.24. The van der Waals surface area contributed by atoms with Crippen LogP contribution in [0.3, 0.4) is 0 Å². The molecule has 1 aromatic rings. The average molecular weight is 332 g/mol. The van der Waals surface area contributed by atoms with Crippen LogP contribution in [0.5, 0.6) is 0 Å². The summed E-state index contributed by atoms with van der Waals surface area (Å²) in [5.41, 5.74) is 2.30. The molecule has 1 aliphatic rings. The van der Waals surface area contributed by atoms with Gasteiger partial charge >= 0.3 is 6.03 Å². The van der Waals surface area contributed by atoms with Crippen LogP contribution in [0.2, 0.25) is 0 Å². The van der Waals surface area contributed by atoms with Crippen molar-refractivity contribution in [3.8, 4) is 0 Å². The molecule has 1 atom stereocenters. The van der Waals surface area contributed by atoms with Crippen LogP contribution >= 0.6 is 0 Å². The van der Waals surface area contributed by atoms with Gasteiger partial charge in [0.25, 0.3) is 0 Å². The molecule has 0 aliphatic carbocycles. The molecule has 0 bridgehead atoms. The second kappa shape index (κ2) is 7.99. The van der Waals surface area contributed by atoms with Crippen LogP contribution in [0.25, 0.3) is 0 Å². The fourth-order valence-corrected chi connectivity index (χ4v) is 2.95. The fourth-order valence-electron chi connectivity index (χ4n) is 2.95. The van der Waals surface area contributed by atoms with Crippen molar-refractivity contribution < 1.29 is 4.79 Å². The van der Waals surface area contributed by atoms with Crippen molar-refractivity contribution in [1.82, 2.24) is 20.4 Å². The van der Waals surface area contributed by atoms with E-state index >= 15 is 0 Å². The van der Waals surface area contributed by atoms with Gasteiger partial charge in [-0.3, -0.25) is 4.90 Å². The molecule has 24 heavy (non-hydrogen) atoms. The first kappa shape index (κ1) is 18.7. The lowest BCUT2D eigenvalue weighted by Gasteiger charge is -2.38. The van der Waals surface area contributed by atoms with Crippen molar-refractivity contribution in [1.29, 1.82) is 0 Å². The van der Waals surface area contributed by atoms with Gasteiger partial charge in [-0.05, 0) is 40.3 Å². The largest absolute Gasteiger partial charge is 0.336 e.